The summed E-state index contributed by atoms with van der Waals surface area (Å²) in [7, 11) is 1.39. The third kappa shape index (κ3) is 2.53. The summed E-state index contributed by atoms with van der Waals surface area (Å²) < 4.78 is 4.64. The molecule has 0 aromatic rings. The molecular formula is C11H21N3O2. The molecule has 2 rings (SSSR count). The first-order chi connectivity index (χ1) is 7.70. The molecule has 0 aromatic heterocycles. The van der Waals surface area contributed by atoms with Crippen molar-refractivity contribution in [1.29, 1.82) is 0 Å². The van der Waals surface area contributed by atoms with Crippen LogP contribution in [-0.4, -0.2) is 67.7 Å². The summed E-state index contributed by atoms with van der Waals surface area (Å²) in [6.45, 7) is 5.03. The molecule has 0 radical (unpaired) electrons. The molecule has 2 atom stereocenters. The Hall–Kier alpha value is -0.650. The second-order valence-electron chi connectivity index (χ2n) is 4.72. The highest BCUT2D eigenvalue weighted by Gasteiger charge is 2.31. The topological polar surface area (TPSA) is 58.8 Å². The van der Waals surface area contributed by atoms with E-state index in [1.807, 2.05) is 0 Å². The van der Waals surface area contributed by atoms with E-state index in [0.29, 0.717) is 12.6 Å². The van der Waals surface area contributed by atoms with E-state index in [0.717, 1.165) is 19.6 Å². The van der Waals surface area contributed by atoms with Crippen molar-refractivity contribution in [3.8, 4) is 0 Å². The van der Waals surface area contributed by atoms with Crippen molar-refractivity contribution in [2.75, 3.05) is 39.8 Å². The van der Waals surface area contributed by atoms with Crippen LogP contribution in [0, 0.1) is 0 Å². The van der Waals surface area contributed by atoms with Crippen LogP contribution in [0.4, 0.5) is 0 Å². The van der Waals surface area contributed by atoms with Crippen LogP contribution in [0.1, 0.15) is 12.8 Å². The van der Waals surface area contributed by atoms with Gasteiger partial charge in [-0.1, -0.05) is 0 Å². The number of hydrogen-bond donors (Lipinski definition) is 1. The normalized spacial score (nSPS) is 28.8. The zero-order valence-corrected chi connectivity index (χ0v) is 9.89. The summed E-state index contributed by atoms with van der Waals surface area (Å²) in [6.07, 6.45) is 2.59. The lowest BCUT2D eigenvalue weighted by Crippen LogP contribution is -2.54. The van der Waals surface area contributed by atoms with Crippen molar-refractivity contribution < 1.29 is 9.53 Å². The predicted molar refractivity (Wildman–Crippen MR) is 61.0 cm³/mol. The number of methoxy groups -OCH3 is 1. The first-order valence-corrected chi connectivity index (χ1v) is 6.00. The number of carbonyl (C=O) groups is 1. The van der Waals surface area contributed by atoms with E-state index >= 15 is 0 Å². The van der Waals surface area contributed by atoms with Gasteiger partial charge in [0.2, 0.25) is 0 Å². The van der Waals surface area contributed by atoms with Gasteiger partial charge in [-0.15, -0.1) is 0 Å². The van der Waals surface area contributed by atoms with E-state index in [-0.39, 0.29) is 5.97 Å². The molecule has 0 saturated carbocycles. The van der Waals surface area contributed by atoms with Gasteiger partial charge in [-0.3, -0.25) is 14.6 Å². The van der Waals surface area contributed by atoms with Gasteiger partial charge in [0.25, 0.3) is 0 Å². The Balaban J connectivity index is 1.80. The molecule has 2 fully saturated rings. The van der Waals surface area contributed by atoms with Gasteiger partial charge in [0, 0.05) is 32.2 Å². The largest absolute Gasteiger partial charge is 0.468 e. The minimum atomic E-state index is -0.502. The first kappa shape index (κ1) is 11.8. The minimum absolute atomic E-state index is 0.311. The van der Waals surface area contributed by atoms with E-state index < -0.39 is 6.04 Å². The van der Waals surface area contributed by atoms with E-state index in [9.17, 15) is 4.79 Å². The van der Waals surface area contributed by atoms with Gasteiger partial charge in [0.1, 0.15) is 6.04 Å². The Morgan fingerprint density at radius 3 is 3.06 bits per heavy atom. The van der Waals surface area contributed by atoms with Crippen LogP contribution in [0.3, 0.4) is 0 Å². The standard InChI is InChI=1S/C11H21N3O2/c1-16-11(15)10(12)8-13-5-6-14-4-2-3-9(14)7-13/h9-10H,2-8,12H2,1H3. The number of nitrogens with two attached hydrogens (primary N) is 1. The second-order valence-corrected chi connectivity index (χ2v) is 4.72. The third-order valence-corrected chi connectivity index (χ3v) is 3.63. The number of ether oxygens (including phenoxy) is 1. The lowest BCUT2D eigenvalue weighted by atomic mass is 10.1. The molecule has 0 aromatic carbocycles. The zero-order valence-electron chi connectivity index (χ0n) is 9.89. The van der Waals surface area contributed by atoms with E-state index in [1.165, 1.54) is 26.5 Å². The first-order valence-electron chi connectivity index (χ1n) is 6.00. The van der Waals surface area contributed by atoms with Crippen molar-refractivity contribution in [1.82, 2.24) is 9.80 Å². The van der Waals surface area contributed by atoms with Crippen LogP contribution in [0.15, 0.2) is 0 Å². The molecule has 2 aliphatic rings. The molecule has 2 N–H and O–H groups in total. The fourth-order valence-electron chi connectivity index (χ4n) is 2.73. The highest BCUT2D eigenvalue weighted by Crippen LogP contribution is 2.21. The fourth-order valence-corrected chi connectivity index (χ4v) is 2.73. The molecule has 5 heteroatoms. The monoisotopic (exact) mass is 227 g/mol. The van der Waals surface area contributed by atoms with Crippen molar-refractivity contribution >= 4 is 5.97 Å². The summed E-state index contributed by atoms with van der Waals surface area (Å²) in [5.41, 5.74) is 5.77. The Labute approximate surface area is 96.5 Å². The molecule has 16 heavy (non-hydrogen) atoms. The van der Waals surface area contributed by atoms with Gasteiger partial charge in [-0.25, -0.2) is 0 Å². The summed E-state index contributed by atoms with van der Waals surface area (Å²) in [6, 6.07) is 0.177. The Morgan fingerprint density at radius 2 is 2.31 bits per heavy atom. The Bertz CT molecular complexity index is 260. The SMILES string of the molecule is COC(=O)C(N)CN1CCN2CCCC2C1. The molecule has 2 heterocycles. The molecule has 2 saturated heterocycles. The Kier molecular flexibility index (Phi) is 3.78. The number of carbonyl (C=O) groups excluding carboxylic acids is 1. The highest BCUT2D eigenvalue weighted by molar-refractivity contribution is 5.75. The van der Waals surface area contributed by atoms with Gasteiger partial charge < -0.3 is 10.5 Å². The summed E-state index contributed by atoms with van der Waals surface area (Å²) in [5.74, 6) is -0.311. The van der Waals surface area contributed by atoms with Crippen molar-refractivity contribution in [3.63, 3.8) is 0 Å². The average Bonchev–Trinajstić information content (AvgIpc) is 2.75. The molecule has 0 amide bonds. The van der Waals surface area contributed by atoms with Crippen molar-refractivity contribution in [2.45, 2.75) is 24.9 Å². The van der Waals surface area contributed by atoms with Gasteiger partial charge in [-0.2, -0.15) is 0 Å². The van der Waals surface area contributed by atoms with Gasteiger partial charge in [0.05, 0.1) is 7.11 Å². The third-order valence-electron chi connectivity index (χ3n) is 3.63. The maximum Gasteiger partial charge on any atom is 0.323 e. The van der Waals surface area contributed by atoms with E-state index in [2.05, 4.69) is 14.5 Å². The van der Waals surface area contributed by atoms with Crippen LogP contribution < -0.4 is 5.73 Å². The highest BCUT2D eigenvalue weighted by atomic mass is 16.5. The van der Waals surface area contributed by atoms with E-state index in [4.69, 9.17) is 5.73 Å². The number of hydrogen-bond acceptors (Lipinski definition) is 5. The van der Waals surface area contributed by atoms with Crippen LogP contribution >= 0.6 is 0 Å². The molecule has 0 aliphatic carbocycles. The zero-order chi connectivity index (χ0) is 11.5. The van der Waals surface area contributed by atoms with Gasteiger partial charge in [-0.05, 0) is 19.4 Å². The van der Waals surface area contributed by atoms with Crippen LogP contribution in [0.2, 0.25) is 0 Å². The number of piperazine rings is 1. The smallest absolute Gasteiger partial charge is 0.323 e. The molecule has 0 spiro atoms. The summed E-state index contributed by atoms with van der Waals surface area (Å²) in [4.78, 5) is 16.1. The van der Waals surface area contributed by atoms with Gasteiger partial charge >= 0.3 is 5.97 Å². The molecule has 0 bridgehead atoms. The molecule has 2 unspecified atom stereocenters. The fraction of sp³-hybridized carbons (Fsp3) is 0.909. The Morgan fingerprint density at radius 1 is 1.50 bits per heavy atom. The number of fused-ring (bicyclic) bond motifs is 1. The van der Waals surface area contributed by atoms with Crippen LogP contribution in [0.25, 0.3) is 0 Å². The van der Waals surface area contributed by atoms with E-state index in [1.54, 1.807) is 0 Å². The number of nitrogens with zero attached hydrogens (tertiary/aromatic N) is 2. The van der Waals surface area contributed by atoms with Crippen LogP contribution in [-0.2, 0) is 9.53 Å². The minimum Gasteiger partial charge on any atom is -0.468 e. The average molecular weight is 227 g/mol. The molecular weight excluding hydrogens is 206 g/mol. The van der Waals surface area contributed by atoms with Crippen molar-refractivity contribution in [3.05, 3.63) is 0 Å². The maximum atomic E-state index is 11.2. The lowest BCUT2D eigenvalue weighted by Gasteiger charge is -2.38. The molecule has 5 nitrogen and oxygen atoms in total. The van der Waals surface area contributed by atoms with Crippen molar-refractivity contribution in [2.24, 2.45) is 5.73 Å². The quantitative estimate of drug-likeness (QED) is 0.644. The molecule has 92 valence electrons. The lowest BCUT2D eigenvalue weighted by molar-refractivity contribution is -0.142. The second kappa shape index (κ2) is 5.12. The maximum absolute atomic E-state index is 11.2. The number of esters is 1. The van der Waals surface area contributed by atoms with Crippen LogP contribution in [0.5, 0.6) is 0 Å². The molecule has 2 aliphatic heterocycles. The predicted octanol–water partition coefficient (Wildman–Crippen LogP) is -0.733. The summed E-state index contributed by atoms with van der Waals surface area (Å²) in [5, 5.41) is 0. The number of rotatable bonds is 3. The van der Waals surface area contributed by atoms with Gasteiger partial charge in [0.15, 0.2) is 0 Å². The summed E-state index contributed by atoms with van der Waals surface area (Å²) >= 11 is 0.